The fraction of sp³-hybridized carbons (Fsp3) is 0.467. The Hall–Kier alpha value is -1.20. The van der Waals surface area contributed by atoms with Crippen molar-refractivity contribution in [1.82, 2.24) is 10.1 Å². The SMILES string of the molecule is CC(C)CC(CN)Cc1nc(-c2ccccc2Br)no1. The van der Waals surface area contributed by atoms with E-state index in [1.165, 1.54) is 0 Å². The van der Waals surface area contributed by atoms with Gasteiger partial charge in [-0.15, -0.1) is 0 Å². The molecule has 0 aliphatic carbocycles. The highest BCUT2D eigenvalue weighted by molar-refractivity contribution is 9.10. The van der Waals surface area contributed by atoms with Crippen LogP contribution in [-0.2, 0) is 6.42 Å². The van der Waals surface area contributed by atoms with E-state index in [1.807, 2.05) is 24.3 Å². The minimum Gasteiger partial charge on any atom is -0.339 e. The number of hydrogen-bond donors (Lipinski definition) is 1. The number of benzene rings is 1. The maximum absolute atomic E-state index is 5.81. The van der Waals surface area contributed by atoms with Crippen LogP contribution in [0.1, 0.15) is 26.2 Å². The highest BCUT2D eigenvalue weighted by atomic mass is 79.9. The third-order valence-corrected chi connectivity index (χ3v) is 3.88. The summed E-state index contributed by atoms with van der Waals surface area (Å²) < 4.78 is 6.31. The molecular weight excluding hydrogens is 318 g/mol. The summed E-state index contributed by atoms with van der Waals surface area (Å²) in [6, 6.07) is 7.85. The van der Waals surface area contributed by atoms with Crippen LogP contribution in [-0.4, -0.2) is 16.7 Å². The van der Waals surface area contributed by atoms with Gasteiger partial charge in [0.15, 0.2) is 0 Å². The first-order valence-corrected chi connectivity index (χ1v) is 7.67. The number of rotatable bonds is 6. The molecule has 1 unspecified atom stereocenters. The molecule has 0 saturated heterocycles. The standard InChI is InChI=1S/C15H20BrN3O/c1-10(2)7-11(9-17)8-14-18-15(19-20-14)12-5-3-4-6-13(12)16/h3-6,10-11H,7-9,17H2,1-2H3. The molecule has 2 aromatic rings. The molecule has 0 amide bonds. The summed E-state index contributed by atoms with van der Waals surface area (Å²) >= 11 is 3.50. The van der Waals surface area contributed by atoms with Gasteiger partial charge in [-0.3, -0.25) is 0 Å². The first-order chi connectivity index (χ1) is 9.60. The molecule has 5 heteroatoms. The van der Waals surface area contributed by atoms with Gasteiger partial charge in [-0.25, -0.2) is 0 Å². The third kappa shape index (κ3) is 3.90. The lowest BCUT2D eigenvalue weighted by atomic mass is 9.94. The monoisotopic (exact) mass is 337 g/mol. The van der Waals surface area contributed by atoms with Crippen molar-refractivity contribution in [3.05, 3.63) is 34.6 Å². The smallest absolute Gasteiger partial charge is 0.227 e. The van der Waals surface area contributed by atoms with E-state index in [9.17, 15) is 0 Å². The van der Waals surface area contributed by atoms with Crippen molar-refractivity contribution in [1.29, 1.82) is 0 Å². The van der Waals surface area contributed by atoms with Crippen molar-refractivity contribution in [2.24, 2.45) is 17.6 Å². The van der Waals surface area contributed by atoms with Crippen LogP contribution in [0.15, 0.2) is 33.3 Å². The van der Waals surface area contributed by atoms with Crippen molar-refractivity contribution < 1.29 is 4.52 Å². The molecule has 108 valence electrons. The van der Waals surface area contributed by atoms with E-state index in [2.05, 4.69) is 39.9 Å². The maximum Gasteiger partial charge on any atom is 0.227 e. The predicted octanol–water partition coefficient (Wildman–Crippen LogP) is 3.66. The van der Waals surface area contributed by atoms with Gasteiger partial charge in [0.25, 0.3) is 0 Å². The molecular formula is C15H20BrN3O. The second-order valence-corrected chi connectivity index (χ2v) is 6.28. The van der Waals surface area contributed by atoms with Crippen LogP contribution in [0.25, 0.3) is 11.4 Å². The second-order valence-electron chi connectivity index (χ2n) is 5.43. The highest BCUT2D eigenvalue weighted by Crippen LogP contribution is 2.26. The van der Waals surface area contributed by atoms with Crippen LogP contribution in [0.5, 0.6) is 0 Å². The summed E-state index contributed by atoms with van der Waals surface area (Å²) in [7, 11) is 0. The van der Waals surface area contributed by atoms with Gasteiger partial charge in [0.05, 0.1) is 0 Å². The summed E-state index contributed by atoms with van der Waals surface area (Å²) in [5.41, 5.74) is 6.75. The lowest BCUT2D eigenvalue weighted by Crippen LogP contribution is -2.19. The Bertz CT molecular complexity index is 554. The van der Waals surface area contributed by atoms with Crippen molar-refractivity contribution in [2.75, 3.05) is 6.54 Å². The van der Waals surface area contributed by atoms with Gasteiger partial charge < -0.3 is 10.3 Å². The summed E-state index contributed by atoms with van der Waals surface area (Å²) in [5, 5.41) is 4.06. The van der Waals surface area contributed by atoms with E-state index in [-0.39, 0.29) is 0 Å². The van der Waals surface area contributed by atoms with E-state index < -0.39 is 0 Å². The number of nitrogens with zero attached hydrogens (tertiary/aromatic N) is 2. The van der Waals surface area contributed by atoms with Crippen LogP contribution >= 0.6 is 15.9 Å². The molecule has 0 fully saturated rings. The van der Waals surface area contributed by atoms with Crippen LogP contribution in [0.3, 0.4) is 0 Å². The minimum atomic E-state index is 0.391. The summed E-state index contributed by atoms with van der Waals surface area (Å²) in [4.78, 5) is 4.47. The van der Waals surface area contributed by atoms with Crippen LogP contribution in [0, 0.1) is 11.8 Å². The Morgan fingerprint density at radius 2 is 2.05 bits per heavy atom. The van der Waals surface area contributed by atoms with Gasteiger partial charge in [-0.2, -0.15) is 4.98 Å². The van der Waals surface area contributed by atoms with Crippen molar-refractivity contribution in [2.45, 2.75) is 26.7 Å². The molecule has 20 heavy (non-hydrogen) atoms. The van der Waals surface area contributed by atoms with Gasteiger partial charge in [-0.1, -0.05) is 47.1 Å². The maximum atomic E-state index is 5.81. The predicted molar refractivity (Wildman–Crippen MR) is 83.1 cm³/mol. The minimum absolute atomic E-state index is 0.391. The van der Waals surface area contributed by atoms with Crippen LogP contribution in [0.4, 0.5) is 0 Å². The van der Waals surface area contributed by atoms with Gasteiger partial charge in [0.1, 0.15) is 0 Å². The zero-order valence-electron chi connectivity index (χ0n) is 11.8. The first kappa shape index (κ1) is 15.2. The Morgan fingerprint density at radius 3 is 2.70 bits per heavy atom. The quantitative estimate of drug-likeness (QED) is 0.873. The van der Waals surface area contributed by atoms with Gasteiger partial charge in [0.2, 0.25) is 11.7 Å². The average molecular weight is 338 g/mol. The van der Waals surface area contributed by atoms with Crippen molar-refractivity contribution in [3.8, 4) is 11.4 Å². The molecule has 0 bridgehead atoms. The summed E-state index contributed by atoms with van der Waals surface area (Å²) in [5.74, 6) is 2.29. The number of halogens is 1. The fourth-order valence-electron chi connectivity index (χ4n) is 2.27. The molecule has 0 aliphatic heterocycles. The number of nitrogens with two attached hydrogens (primary N) is 1. The Balaban J connectivity index is 2.11. The molecule has 0 spiro atoms. The largest absolute Gasteiger partial charge is 0.339 e. The average Bonchev–Trinajstić information content (AvgIpc) is 2.86. The first-order valence-electron chi connectivity index (χ1n) is 6.87. The molecule has 2 rings (SSSR count). The van der Waals surface area contributed by atoms with E-state index >= 15 is 0 Å². The zero-order chi connectivity index (χ0) is 14.5. The van der Waals surface area contributed by atoms with E-state index in [4.69, 9.17) is 10.3 Å². The Kier molecular flexibility index (Phi) is 5.31. The molecule has 1 heterocycles. The lowest BCUT2D eigenvalue weighted by Gasteiger charge is -2.14. The van der Waals surface area contributed by atoms with E-state index in [0.29, 0.717) is 30.1 Å². The van der Waals surface area contributed by atoms with Gasteiger partial charge in [0, 0.05) is 16.5 Å². The number of aromatic nitrogens is 2. The highest BCUT2D eigenvalue weighted by Gasteiger charge is 2.16. The molecule has 1 atom stereocenters. The fourth-order valence-corrected chi connectivity index (χ4v) is 2.73. The third-order valence-electron chi connectivity index (χ3n) is 3.18. The van der Waals surface area contributed by atoms with E-state index in [1.54, 1.807) is 0 Å². The lowest BCUT2D eigenvalue weighted by molar-refractivity contribution is 0.332. The van der Waals surface area contributed by atoms with Gasteiger partial charge in [-0.05, 0) is 36.9 Å². The normalized spacial score (nSPS) is 12.8. The molecule has 1 aromatic heterocycles. The van der Waals surface area contributed by atoms with Crippen molar-refractivity contribution in [3.63, 3.8) is 0 Å². The Morgan fingerprint density at radius 1 is 1.30 bits per heavy atom. The molecule has 4 nitrogen and oxygen atoms in total. The second kappa shape index (κ2) is 6.99. The molecule has 0 aliphatic rings. The Labute approximate surface area is 127 Å². The van der Waals surface area contributed by atoms with E-state index in [0.717, 1.165) is 22.9 Å². The topological polar surface area (TPSA) is 64.9 Å². The number of hydrogen-bond acceptors (Lipinski definition) is 4. The van der Waals surface area contributed by atoms with Crippen molar-refractivity contribution >= 4 is 15.9 Å². The molecule has 2 N–H and O–H groups in total. The molecule has 0 saturated carbocycles. The zero-order valence-corrected chi connectivity index (χ0v) is 13.4. The summed E-state index contributed by atoms with van der Waals surface area (Å²) in [6.45, 7) is 5.04. The van der Waals surface area contributed by atoms with Crippen LogP contribution in [0.2, 0.25) is 0 Å². The molecule has 0 radical (unpaired) electrons. The van der Waals surface area contributed by atoms with Gasteiger partial charge >= 0.3 is 0 Å². The van der Waals surface area contributed by atoms with Crippen LogP contribution < -0.4 is 5.73 Å². The summed E-state index contributed by atoms with van der Waals surface area (Å²) in [6.07, 6.45) is 1.81. The molecule has 1 aromatic carbocycles.